The number of piperidine rings is 1. The Kier molecular flexibility index (Phi) is 6.76. The maximum atomic E-state index is 13.0. The lowest BCUT2D eigenvalue weighted by atomic mass is 10.0. The highest BCUT2D eigenvalue weighted by atomic mass is 16.5. The van der Waals surface area contributed by atoms with E-state index in [1.165, 1.54) is 0 Å². The highest BCUT2D eigenvalue weighted by Crippen LogP contribution is 2.27. The number of β-amino-alcohol motifs (C(OH)–C–C–N with tert-alkyl or cyclic N) is 1. The molecule has 2 atom stereocenters. The fourth-order valence-electron chi connectivity index (χ4n) is 4.70. The molecule has 2 saturated heterocycles. The Balaban J connectivity index is 1.34. The summed E-state index contributed by atoms with van der Waals surface area (Å²) < 4.78 is 6.97. The first-order chi connectivity index (χ1) is 15.5. The number of aliphatic hydroxyl groups excluding tert-OH is 1. The van der Waals surface area contributed by atoms with E-state index in [4.69, 9.17) is 4.74 Å². The molecule has 0 spiro atoms. The lowest BCUT2D eigenvalue weighted by molar-refractivity contribution is -0.126. The van der Waals surface area contributed by atoms with Crippen LogP contribution in [-0.2, 0) is 18.4 Å². The molecule has 0 bridgehead atoms. The number of benzene rings is 1. The van der Waals surface area contributed by atoms with Gasteiger partial charge in [0.2, 0.25) is 5.91 Å². The van der Waals surface area contributed by atoms with Crippen LogP contribution in [-0.4, -0.2) is 81.2 Å². The van der Waals surface area contributed by atoms with Crippen LogP contribution in [0.2, 0.25) is 0 Å². The smallest absolute Gasteiger partial charge is 0.289 e. The van der Waals surface area contributed by atoms with E-state index in [1.54, 1.807) is 24.1 Å². The molecule has 4 rings (SSSR count). The Bertz CT molecular complexity index is 953. The van der Waals surface area contributed by atoms with Gasteiger partial charge in [0.05, 0.1) is 19.3 Å². The van der Waals surface area contributed by atoms with Crippen molar-refractivity contribution in [1.82, 2.24) is 24.7 Å². The van der Waals surface area contributed by atoms with Crippen LogP contribution in [0.1, 0.15) is 35.4 Å². The Hall–Kier alpha value is -2.91. The van der Waals surface area contributed by atoms with Gasteiger partial charge in [0.15, 0.2) is 5.82 Å². The zero-order chi connectivity index (χ0) is 22.7. The van der Waals surface area contributed by atoms with Gasteiger partial charge in [0.1, 0.15) is 5.75 Å². The molecule has 2 aliphatic heterocycles. The van der Waals surface area contributed by atoms with Gasteiger partial charge in [-0.2, -0.15) is 0 Å². The summed E-state index contributed by atoms with van der Waals surface area (Å²) in [5, 5.41) is 13.3. The summed E-state index contributed by atoms with van der Waals surface area (Å²) in [5.41, 5.74) is 0.962. The van der Waals surface area contributed by atoms with Gasteiger partial charge in [-0.1, -0.05) is 12.1 Å². The maximum absolute atomic E-state index is 13.0. The number of amides is 2. The van der Waals surface area contributed by atoms with Crippen molar-refractivity contribution in [3.8, 4) is 5.75 Å². The molecule has 1 aromatic carbocycles. The summed E-state index contributed by atoms with van der Waals surface area (Å²) in [5.74, 6) is 1.05. The molecular weight excluding hydrogens is 410 g/mol. The molecule has 0 radical (unpaired) electrons. The number of hydrogen-bond acceptors (Lipinski definition) is 6. The molecule has 2 aliphatic rings. The van der Waals surface area contributed by atoms with Crippen molar-refractivity contribution in [3.05, 3.63) is 48.0 Å². The number of rotatable bonds is 6. The fourth-order valence-corrected chi connectivity index (χ4v) is 4.70. The van der Waals surface area contributed by atoms with E-state index in [-0.39, 0.29) is 23.9 Å². The zero-order valence-electron chi connectivity index (χ0n) is 18.6. The normalized spacial score (nSPS) is 22.2. The molecule has 32 heavy (non-hydrogen) atoms. The number of aliphatic hydroxyl groups is 1. The van der Waals surface area contributed by atoms with Crippen molar-refractivity contribution in [1.29, 1.82) is 0 Å². The Morgan fingerprint density at radius 3 is 2.75 bits per heavy atom. The minimum Gasteiger partial charge on any atom is -0.497 e. The number of imidazole rings is 1. The first-order valence-electron chi connectivity index (χ1n) is 11.1. The molecule has 2 fully saturated rings. The Morgan fingerprint density at radius 1 is 1.28 bits per heavy atom. The van der Waals surface area contributed by atoms with Gasteiger partial charge >= 0.3 is 0 Å². The predicted octanol–water partition coefficient (Wildman–Crippen LogP) is 0.785. The number of carbonyl (C=O) groups is 2. The number of nitrogens with one attached hydrogen (secondary N) is 1. The van der Waals surface area contributed by atoms with Crippen LogP contribution in [0.3, 0.4) is 0 Å². The Morgan fingerprint density at radius 2 is 2.06 bits per heavy atom. The number of likely N-dealkylation sites (tertiary alicyclic amines) is 2. The predicted molar refractivity (Wildman–Crippen MR) is 118 cm³/mol. The highest BCUT2D eigenvalue weighted by Gasteiger charge is 2.41. The van der Waals surface area contributed by atoms with Gasteiger partial charge in [-0.25, -0.2) is 4.98 Å². The minimum atomic E-state index is -0.519. The van der Waals surface area contributed by atoms with Gasteiger partial charge in [-0.15, -0.1) is 0 Å². The number of hydrogen-bond donors (Lipinski definition) is 2. The second-order valence-electron chi connectivity index (χ2n) is 8.56. The van der Waals surface area contributed by atoms with Crippen molar-refractivity contribution in [2.45, 2.75) is 44.0 Å². The average molecular weight is 442 g/mol. The number of aromatic nitrogens is 2. The number of carbonyl (C=O) groups excluding carboxylic acids is 2. The zero-order valence-corrected chi connectivity index (χ0v) is 18.6. The largest absolute Gasteiger partial charge is 0.497 e. The second-order valence-corrected chi connectivity index (χ2v) is 8.56. The molecule has 0 aliphatic carbocycles. The third-order valence-electron chi connectivity index (χ3n) is 6.45. The quantitative estimate of drug-likeness (QED) is 0.688. The molecule has 2 N–H and O–H groups in total. The number of aryl methyl sites for hydroxylation is 1. The average Bonchev–Trinajstić information content (AvgIpc) is 3.42. The topological polar surface area (TPSA) is 99.9 Å². The van der Waals surface area contributed by atoms with E-state index in [0.29, 0.717) is 38.4 Å². The second kappa shape index (κ2) is 9.70. The minimum absolute atomic E-state index is 0.0648. The van der Waals surface area contributed by atoms with E-state index in [2.05, 4.69) is 15.2 Å². The summed E-state index contributed by atoms with van der Waals surface area (Å²) in [4.78, 5) is 33.8. The van der Waals surface area contributed by atoms with E-state index >= 15 is 0 Å². The Labute approximate surface area is 188 Å². The fraction of sp³-hybridized carbons (Fsp3) is 0.522. The maximum Gasteiger partial charge on any atom is 0.289 e. The van der Waals surface area contributed by atoms with Gasteiger partial charge in [-0.05, 0) is 37.0 Å². The van der Waals surface area contributed by atoms with Crippen LogP contribution in [0.15, 0.2) is 36.7 Å². The lowest BCUT2D eigenvalue weighted by Gasteiger charge is -2.38. The molecule has 2 amide bonds. The summed E-state index contributed by atoms with van der Waals surface area (Å²) in [6.07, 6.45) is 4.83. The van der Waals surface area contributed by atoms with Crippen molar-refractivity contribution in [2.75, 3.05) is 26.7 Å². The van der Waals surface area contributed by atoms with Crippen LogP contribution in [0.25, 0.3) is 0 Å². The lowest BCUT2D eigenvalue weighted by Crippen LogP contribution is -2.52. The van der Waals surface area contributed by atoms with Crippen molar-refractivity contribution >= 4 is 11.8 Å². The number of ether oxygens (including phenoxy) is 1. The third-order valence-corrected chi connectivity index (χ3v) is 6.45. The summed E-state index contributed by atoms with van der Waals surface area (Å²) in [6.45, 7) is 2.12. The third kappa shape index (κ3) is 4.78. The van der Waals surface area contributed by atoms with E-state index in [0.717, 1.165) is 24.2 Å². The van der Waals surface area contributed by atoms with E-state index < -0.39 is 6.10 Å². The highest BCUT2D eigenvalue weighted by molar-refractivity contribution is 5.90. The monoisotopic (exact) mass is 441 g/mol. The van der Waals surface area contributed by atoms with Crippen LogP contribution < -0.4 is 10.1 Å². The SMILES string of the molecule is COc1cccc(CNC(=O)[C@@H]2C[C@@H](O)CN2C2CCN(C(=O)c3nccn3C)CC2)c1. The van der Waals surface area contributed by atoms with Gasteiger partial charge in [0, 0.05) is 51.7 Å². The molecular formula is C23H31N5O4. The molecule has 3 heterocycles. The van der Waals surface area contributed by atoms with Crippen LogP contribution in [0, 0.1) is 0 Å². The number of nitrogens with zero attached hydrogens (tertiary/aromatic N) is 4. The number of methoxy groups -OCH3 is 1. The molecule has 9 nitrogen and oxygen atoms in total. The van der Waals surface area contributed by atoms with Crippen molar-refractivity contribution < 1.29 is 19.4 Å². The van der Waals surface area contributed by atoms with E-state index in [9.17, 15) is 14.7 Å². The van der Waals surface area contributed by atoms with Crippen LogP contribution >= 0.6 is 0 Å². The van der Waals surface area contributed by atoms with Crippen LogP contribution in [0.4, 0.5) is 0 Å². The van der Waals surface area contributed by atoms with Gasteiger partial charge in [-0.3, -0.25) is 14.5 Å². The summed E-state index contributed by atoms with van der Waals surface area (Å²) in [6, 6.07) is 7.40. The first kappa shape index (κ1) is 22.3. The first-order valence-corrected chi connectivity index (χ1v) is 11.1. The molecule has 172 valence electrons. The van der Waals surface area contributed by atoms with Crippen LogP contribution in [0.5, 0.6) is 5.75 Å². The summed E-state index contributed by atoms with van der Waals surface area (Å²) >= 11 is 0. The molecule has 9 heteroatoms. The van der Waals surface area contributed by atoms with Crippen molar-refractivity contribution in [3.63, 3.8) is 0 Å². The van der Waals surface area contributed by atoms with Gasteiger partial charge in [0.25, 0.3) is 5.91 Å². The molecule has 0 saturated carbocycles. The molecule has 0 unspecified atom stereocenters. The van der Waals surface area contributed by atoms with E-state index in [1.807, 2.05) is 36.2 Å². The summed E-state index contributed by atoms with van der Waals surface area (Å²) in [7, 11) is 3.43. The van der Waals surface area contributed by atoms with Gasteiger partial charge < -0.3 is 24.6 Å². The molecule has 2 aromatic rings. The van der Waals surface area contributed by atoms with Crippen molar-refractivity contribution in [2.24, 2.45) is 7.05 Å². The standard InChI is InChI=1S/C23H31N5O4/c1-26-11-8-24-21(26)23(31)27-9-6-17(7-10-27)28-15-18(29)13-20(28)22(30)25-14-16-4-3-5-19(12-16)32-2/h3-5,8,11-12,17-18,20,29H,6-7,9-10,13-15H2,1-2H3,(H,25,30)/t18-,20+/m1/s1. The molecule has 1 aromatic heterocycles.